The van der Waals surface area contributed by atoms with E-state index in [1.165, 1.54) is 12.6 Å². The minimum Gasteiger partial charge on any atom is -0.465 e. The third-order valence-corrected chi connectivity index (χ3v) is 5.96. The molecule has 1 heterocycles. The molecule has 1 aromatic heterocycles. The molecule has 1 aliphatic rings. The van der Waals surface area contributed by atoms with Crippen LogP contribution in [0, 0.1) is 17.3 Å². The Labute approximate surface area is 176 Å². The number of nitrogens with zero attached hydrogens (tertiary/aromatic N) is 2. The number of carbonyl (C=O) groups is 2. The van der Waals surface area contributed by atoms with Crippen LogP contribution < -0.4 is 10.6 Å². The average Bonchev–Trinajstić information content (AvgIpc) is 2.56. The van der Waals surface area contributed by atoms with Gasteiger partial charge in [-0.2, -0.15) is 0 Å². The quantitative estimate of drug-likeness (QED) is 0.532. The Bertz CT molecular complexity index is 688. The number of carbonyl (C=O) groups excluding carboxylic acids is 1. The molecule has 1 unspecified atom stereocenters. The average molecular weight is 506 g/mol. The highest BCUT2D eigenvalue weighted by molar-refractivity contribution is 9.11. The SMILES string of the molecule is CC(C)(C)[C@@H](C1CCCCC1)C(NC(=O)O)C(=O)Nc1ncc(Br)nc1Br. The molecule has 0 saturated heterocycles. The lowest BCUT2D eigenvalue weighted by Gasteiger charge is -2.43. The molecule has 27 heavy (non-hydrogen) atoms. The Morgan fingerprint density at radius 2 is 1.85 bits per heavy atom. The van der Waals surface area contributed by atoms with E-state index in [1.807, 2.05) is 0 Å². The van der Waals surface area contributed by atoms with E-state index in [4.69, 9.17) is 0 Å². The first-order chi connectivity index (χ1) is 12.6. The molecule has 0 radical (unpaired) electrons. The second-order valence-corrected chi connectivity index (χ2v) is 9.60. The number of anilines is 1. The molecule has 1 saturated carbocycles. The van der Waals surface area contributed by atoms with Crippen LogP contribution in [0.1, 0.15) is 52.9 Å². The van der Waals surface area contributed by atoms with Crippen molar-refractivity contribution in [3.05, 3.63) is 15.4 Å². The van der Waals surface area contributed by atoms with Crippen LogP contribution >= 0.6 is 31.9 Å². The summed E-state index contributed by atoms with van der Waals surface area (Å²) in [5, 5.41) is 14.6. The maximum atomic E-state index is 13.1. The number of carboxylic acid groups (broad SMARTS) is 1. The summed E-state index contributed by atoms with van der Waals surface area (Å²) in [5.41, 5.74) is -0.241. The summed E-state index contributed by atoms with van der Waals surface area (Å²) in [6, 6.07) is -0.872. The number of aromatic nitrogens is 2. The van der Waals surface area contributed by atoms with E-state index < -0.39 is 18.0 Å². The molecule has 2 atom stereocenters. The molecule has 1 aliphatic carbocycles. The third kappa shape index (κ3) is 6.14. The molecule has 9 heteroatoms. The molecule has 150 valence electrons. The zero-order valence-corrected chi connectivity index (χ0v) is 18.9. The van der Waals surface area contributed by atoms with Gasteiger partial charge < -0.3 is 15.7 Å². The Kier molecular flexibility index (Phi) is 7.62. The van der Waals surface area contributed by atoms with Crippen LogP contribution in [0.15, 0.2) is 15.4 Å². The van der Waals surface area contributed by atoms with Gasteiger partial charge in [0, 0.05) is 0 Å². The number of hydrogen-bond donors (Lipinski definition) is 3. The van der Waals surface area contributed by atoms with Crippen molar-refractivity contribution in [1.29, 1.82) is 0 Å². The Hall–Kier alpha value is -1.22. The Morgan fingerprint density at radius 3 is 2.37 bits per heavy atom. The van der Waals surface area contributed by atoms with Crippen LogP contribution in [-0.4, -0.2) is 33.1 Å². The second kappa shape index (κ2) is 9.32. The summed E-state index contributed by atoms with van der Waals surface area (Å²) in [4.78, 5) is 32.8. The Balaban J connectivity index is 2.32. The molecule has 1 fully saturated rings. The van der Waals surface area contributed by atoms with Crippen LogP contribution in [0.2, 0.25) is 0 Å². The molecule has 0 spiro atoms. The fourth-order valence-corrected chi connectivity index (χ4v) is 4.96. The van der Waals surface area contributed by atoms with Crippen LogP contribution in [0.25, 0.3) is 0 Å². The van der Waals surface area contributed by atoms with Gasteiger partial charge in [0.1, 0.15) is 15.2 Å². The van der Waals surface area contributed by atoms with Crippen LogP contribution in [0.4, 0.5) is 10.6 Å². The van der Waals surface area contributed by atoms with Crippen molar-refractivity contribution >= 4 is 49.7 Å². The van der Waals surface area contributed by atoms with Crippen LogP contribution in [0.5, 0.6) is 0 Å². The summed E-state index contributed by atoms with van der Waals surface area (Å²) in [5.74, 6) is 0.00814. The molecule has 3 N–H and O–H groups in total. The summed E-state index contributed by atoms with van der Waals surface area (Å²) in [6.45, 7) is 6.18. The van der Waals surface area contributed by atoms with Crippen molar-refractivity contribution in [2.45, 2.75) is 58.9 Å². The van der Waals surface area contributed by atoms with E-state index in [-0.39, 0.29) is 17.2 Å². The maximum absolute atomic E-state index is 13.1. The molecule has 0 aliphatic heterocycles. The first-order valence-corrected chi connectivity index (χ1v) is 10.7. The predicted octanol–water partition coefficient (Wildman–Crippen LogP) is 4.82. The van der Waals surface area contributed by atoms with Crippen LogP contribution in [0.3, 0.4) is 0 Å². The highest BCUT2D eigenvalue weighted by Crippen LogP contribution is 2.42. The number of nitrogens with one attached hydrogen (secondary N) is 2. The topological polar surface area (TPSA) is 104 Å². The molecule has 1 aromatic rings. The lowest BCUT2D eigenvalue weighted by Crippen LogP contribution is -2.54. The minimum absolute atomic E-state index is 0.129. The van der Waals surface area contributed by atoms with E-state index in [0.29, 0.717) is 15.1 Å². The highest BCUT2D eigenvalue weighted by Gasteiger charge is 2.43. The van der Waals surface area contributed by atoms with Crippen molar-refractivity contribution in [3.63, 3.8) is 0 Å². The lowest BCUT2D eigenvalue weighted by molar-refractivity contribution is -0.121. The number of halogens is 2. The first kappa shape index (κ1) is 22.1. The number of hydrogen-bond acceptors (Lipinski definition) is 4. The zero-order chi connectivity index (χ0) is 20.2. The molecule has 0 bridgehead atoms. The van der Waals surface area contributed by atoms with Crippen molar-refractivity contribution in [2.75, 3.05) is 5.32 Å². The standard InChI is InChI=1S/C18H26Br2N4O3/c1-18(2,3)12(10-7-5-4-6-8-10)13(23-17(26)27)16(25)24-15-14(20)22-11(19)9-21-15/h9-10,12-13,23H,4-8H2,1-3H3,(H,26,27)(H,21,24,25)/t12-,13?/m0/s1. The molecular formula is C18H26Br2N4O3. The van der Waals surface area contributed by atoms with Gasteiger partial charge in [0.2, 0.25) is 5.91 Å². The van der Waals surface area contributed by atoms with Gasteiger partial charge in [0.25, 0.3) is 0 Å². The summed E-state index contributed by atoms with van der Waals surface area (Å²) < 4.78 is 0.909. The lowest BCUT2D eigenvalue weighted by atomic mass is 9.65. The van der Waals surface area contributed by atoms with Gasteiger partial charge >= 0.3 is 6.09 Å². The van der Waals surface area contributed by atoms with E-state index in [2.05, 4.69) is 73.2 Å². The van der Waals surface area contributed by atoms with Crippen LogP contribution in [-0.2, 0) is 4.79 Å². The maximum Gasteiger partial charge on any atom is 0.405 e. The number of amides is 2. The summed E-state index contributed by atoms with van der Waals surface area (Å²) >= 11 is 6.49. The largest absolute Gasteiger partial charge is 0.465 e. The molecule has 7 nitrogen and oxygen atoms in total. The first-order valence-electron chi connectivity index (χ1n) is 9.08. The number of rotatable bonds is 5. The van der Waals surface area contributed by atoms with Gasteiger partial charge in [0.05, 0.1) is 6.20 Å². The summed E-state index contributed by atoms with van der Waals surface area (Å²) in [6.07, 6.45) is 5.70. The monoisotopic (exact) mass is 504 g/mol. The van der Waals surface area contributed by atoms with E-state index >= 15 is 0 Å². The van der Waals surface area contributed by atoms with Gasteiger partial charge in [-0.25, -0.2) is 14.8 Å². The van der Waals surface area contributed by atoms with Gasteiger partial charge in [-0.15, -0.1) is 0 Å². The van der Waals surface area contributed by atoms with Crippen molar-refractivity contribution in [2.24, 2.45) is 17.3 Å². The van der Waals surface area contributed by atoms with E-state index in [0.717, 1.165) is 25.7 Å². The molecule has 2 rings (SSSR count). The van der Waals surface area contributed by atoms with E-state index in [9.17, 15) is 14.7 Å². The van der Waals surface area contributed by atoms with Crippen molar-refractivity contribution in [1.82, 2.24) is 15.3 Å². The van der Waals surface area contributed by atoms with E-state index in [1.54, 1.807) is 0 Å². The normalized spacial score (nSPS) is 17.8. The zero-order valence-electron chi connectivity index (χ0n) is 15.8. The van der Waals surface area contributed by atoms with Crippen molar-refractivity contribution < 1.29 is 14.7 Å². The Morgan fingerprint density at radius 1 is 1.22 bits per heavy atom. The minimum atomic E-state index is -1.21. The predicted molar refractivity (Wildman–Crippen MR) is 111 cm³/mol. The summed E-state index contributed by atoms with van der Waals surface area (Å²) in [7, 11) is 0. The van der Waals surface area contributed by atoms with Gasteiger partial charge in [-0.1, -0.05) is 52.9 Å². The molecule has 2 amide bonds. The smallest absolute Gasteiger partial charge is 0.405 e. The van der Waals surface area contributed by atoms with Crippen molar-refractivity contribution in [3.8, 4) is 0 Å². The fourth-order valence-electron chi connectivity index (χ4n) is 4.05. The highest BCUT2D eigenvalue weighted by atomic mass is 79.9. The molecule has 0 aromatic carbocycles. The second-order valence-electron chi connectivity index (χ2n) is 8.04. The third-order valence-electron chi connectivity index (χ3n) is 5.02. The fraction of sp³-hybridized carbons (Fsp3) is 0.667. The van der Waals surface area contributed by atoms with Gasteiger partial charge in [0.15, 0.2) is 5.82 Å². The molecular weight excluding hydrogens is 480 g/mol. The van der Waals surface area contributed by atoms with Gasteiger partial charge in [-0.3, -0.25) is 4.79 Å². The van der Waals surface area contributed by atoms with Gasteiger partial charge in [-0.05, 0) is 49.1 Å².